The van der Waals surface area contributed by atoms with E-state index in [0.29, 0.717) is 12.8 Å². The number of para-hydroxylation sites is 1. The smallest absolute Gasteiger partial charge is 0.296 e. The van der Waals surface area contributed by atoms with Crippen molar-refractivity contribution >= 4 is 17.3 Å². The van der Waals surface area contributed by atoms with Gasteiger partial charge in [0.2, 0.25) is 5.91 Å². The van der Waals surface area contributed by atoms with Crippen LogP contribution in [0.5, 0.6) is 5.75 Å². The number of hydrogen-bond acceptors (Lipinski definition) is 5. The number of nitro groups is 1. The van der Waals surface area contributed by atoms with Crippen LogP contribution in [0.4, 0.5) is 11.4 Å². The summed E-state index contributed by atoms with van der Waals surface area (Å²) in [6, 6.07) is 3.79. The number of phenols is 1. The van der Waals surface area contributed by atoms with Crippen molar-refractivity contribution in [2.45, 2.75) is 19.3 Å². The van der Waals surface area contributed by atoms with E-state index < -0.39 is 10.8 Å². The van der Waals surface area contributed by atoms with Gasteiger partial charge in [-0.3, -0.25) is 14.9 Å². The number of aliphatic hydroxyl groups is 1. The molecule has 0 bridgehead atoms. The zero-order valence-electron chi connectivity index (χ0n) is 9.63. The average molecular weight is 254 g/mol. The molecule has 1 rings (SSSR count). The van der Waals surface area contributed by atoms with Crippen molar-refractivity contribution in [3.63, 3.8) is 0 Å². The molecule has 18 heavy (non-hydrogen) atoms. The van der Waals surface area contributed by atoms with Crippen molar-refractivity contribution in [1.82, 2.24) is 0 Å². The van der Waals surface area contributed by atoms with Crippen molar-refractivity contribution in [1.29, 1.82) is 0 Å². The van der Waals surface area contributed by atoms with Gasteiger partial charge in [-0.1, -0.05) is 6.07 Å². The van der Waals surface area contributed by atoms with Crippen molar-refractivity contribution in [3.8, 4) is 5.75 Å². The number of hydrogen-bond donors (Lipinski definition) is 3. The van der Waals surface area contributed by atoms with Crippen LogP contribution in [-0.2, 0) is 4.79 Å². The number of amides is 1. The number of phenolic OH excluding ortho intramolecular Hbond substituents is 1. The number of anilines is 1. The number of nitrogens with one attached hydrogen (secondary N) is 1. The molecular weight excluding hydrogens is 240 g/mol. The molecule has 1 aromatic carbocycles. The minimum absolute atomic E-state index is 0.00991. The van der Waals surface area contributed by atoms with Gasteiger partial charge in [-0.15, -0.1) is 0 Å². The van der Waals surface area contributed by atoms with Crippen molar-refractivity contribution in [2.75, 3.05) is 11.9 Å². The third-order valence-corrected chi connectivity index (χ3v) is 2.29. The van der Waals surface area contributed by atoms with Gasteiger partial charge in [0.25, 0.3) is 5.69 Å². The molecule has 0 saturated heterocycles. The van der Waals surface area contributed by atoms with Gasteiger partial charge in [-0.25, -0.2) is 0 Å². The Labute approximate surface area is 103 Å². The first-order valence-electron chi connectivity index (χ1n) is 5.43. The van der Waals surface area contributed by atoms with Crippen LogP contribution in [0.25, 0.3) is 0 Å². The van der Waals surface area contributed by atoms with Crippen LogP contribution < -0.4 is 5.32 Å². The predicted octanol–water partition coefficient (Wildman–Crippen LogP) is 1.40. The Kier molecular flexibility index (Phi) is 5.06. The topological polar surface area (TPSA) is 113 Å². The minimum atomic E-state index is -0.678. The highest BCUT2D eigenvalue weighted by molar-refractivity contribution is 5.94. The van der Waals surface area contributed by atoms with E-state index in [1.54, 1.807) is 0 Å². The first kappa shape index (κ1) is 13.9. The molecule has 0 unspecified atom stereocenters. The molecule has 1 amide bonds. The number of rotatable bonds is 6. The molecule has 0 aliphatic carbocycles. The van der Waals surface area contributed by atoms with Crippen molar-refractivity contribution < 1.29 is 19.9 Å². The fraction of sp³-hybridized carbons (Fsp3) is 0.364. The molecule has 3 N–H and O–H groups in total. The van der Waals surface area contributed by atoms with Gasteiger partial charge in [0.15, 0.2) is 5.69 Å². The Morgan fingerprint density at radius 1 is 1.39 bits per heavy atom. The Hall–Kier alpha value is -2.15. The molecule has 0 radical (unpaired) electrons. The number of aliphatic hydroxyl groups excluding tert-OH is 1. The highest BCUT2D eigenvalue weighted by atomic mass is 16.6. The summed E-state index contributed by atoms with van der Waals surface area (Å²) in [7, 11) is 0. The number of aromatic hydroxyl groups is 1. The number of nitro benzene ring substituents is 1. The zero-order valence-corrected chi connectivity index (χ0v) is 9.63. The van der Waals surface area contributed by atoms with Gasteiger partial charge in [-0.05, 0) is 18.9 Å². The Balaban J connectivity index is 2.77. The van der Waals surface area contributed by atoms with E-state index in [-0.39, 0.29) is 30.2 Å². The van der Waals surface area contributed by atoms with Crippen molar-refractivity contribution in [3.05, 3.63) is 28.3 Å². The summed E-state index contributed by atoms with van der Waals surface area (Å²) in [5.74, 6) is -0.784. The van der Waals surface area contributed by atoms with Gasteiger partial charge in [0, 0.05) is 19.1 Å². The van der Waals surface area contributed by atoms with Crippen LogP contribution in [0.2, 0.25) is 0 Å². The van der Waals surface area contributed by atoms with E-state index in [1.165, 1.54) is 18.2 Å². The molecule has 98 valence electrons. The van der Waals surface area contributed by atoms with E-state index in [1.807, 2.05) is 0 Å². The highest BCUT2D eigenvalue weighted by Crippen LogP contribution is 2.33. The van der Waals surface area contributed by atoms with E-state index in [2.05, 4.69) is 5.32 Å². The van der Waals surface area contributed by atoms with Crippen LogP contribution in [0.15, 0.2) is 18.2 Å². The summed E-state index contributed by atoms with van der Waals surface area (Å²) in [6.07, 6.45) is 1.09. The molecule has 0 spiro atoms. The van der Waals surface area contributed by atoms with Crippen LogP contribution in [0, 0.1) is 10.1 Å². The maximum atomic E-state index is 11.5. The van der Waals surface area contributed by atoms with E-state index in [0.717, 1.165) is 0 Å². The Morgan fingerprint density at radius 2 is 2.11 bits per heavy atom. The zero-order chi connectivity index (χ0) is 13.5. The number of unbranched alkanes of at least 4 members (excludes halogenated alkanes) is 1. The molecular formula is C11H14N2O5. The highest BCUT2D eigenvalue weighted by Gasteiger charge is 2.19. The van der Waals surface area contributed by atoms with Gasteiger partial charge in [0.05, 0.1) is 4.92 Å². The maximum absolute atomic E-state index is 11.5. The predicted molar refractivity (Wildman–Crippen MR) is 64.3 cm³/mol. The summed E-state index contributed by atoms with van der Waals surface area (Å²) >= 11 is 0. The third kappa shape index (κ3) is 3.70. The lowest BCUT2D eigenvalue weighted by Gasteiger charge is -2.07. The third-order valence-electron chi connectivity index (χ3n) is 2.29. The fourth-order valence-electron chi connectivity index (χ4n) is 1.41. The van der Waals surface area contributed by atoms with Gasteiger partial charge in [0.1, 0.15) is 5.75 Å². The molecule has 0 aliphatic heterocycles. The Morgan fingerprint density at radius 3 is 2.72 bits per heavy atom. The van der Waals surface area contributed by atoms with E-state index >= 15 is 0 Å². The standard InChI is InChI=1S/C11H14N2O5/c14-7-2-1-6-10(16)12-11-8(13(17)18)4-3-5-9(11)15/h3-5,14-15H,1-2,6-7H2,(H,12,16). The summed E-state index contributed by atoms with van der Waals surface area (Å²) < 4.78 is 0. The second-order valence-electron chi connectivity index (χ2n) is 3.66. The molecule has 0 aliphatic rings. The van der Waals surface area contributed by atoms with Crippen LogP contribution >= 0.6 is 0 Å². The molecule has 0 aromatic heterocycles. The minimum Gasteiger partial charge on any atom is -0.505 e. The summed E-state index contributed by atoms with van der Waals surface area (Å²) in [4.78, 5) is 21.5. The lowest BCUT2D eigenvalue weighted by molar-refractivity contribution is -0.384. The van der Waals surface area contributed by atoms with E-state index in [9.17, 15) is 20.0 Å². The van der Waals surface area contributed by atoms with Gasteiger partial charge >= 0.3 is 0 Å². The lowest BCUT2D eigenvalue weighted by atomic mass is 10.2. The summed E-state index contributed by atoms with van der Waals surface area (Å²) in [6.45, 7) is -0.00991. The number of carbonyl (C=O) groups is 1. The molecule has 7 nitrogen and oxygen atoms in total. The maximum Gasteiger partial charge on any atom is 0.296 e. The van der Waals surface area contributed by atoms with Gasteiger partial charge < -0.3 is 15.5 Å². The SMILES string of the molecule is O=C(CCCCO)Nc1c(O)cccc1[N+](=O)[O-]. The normalized spacial score (nSPS) is 10.1. The fourth-order valence-corrected chi connectivity index (χ4v) is 1.41. The number of carbonyl (C=O) groups excluding carboxylic acids is 1. The molecule has 0 saturated carbocycles. The van der Waals surface area contributed by atoms with Gasteiger partial charge in [-0.2, -0.15) is 0 Å². The van der Waals surface area contributed by atoms with Crippen LogP contribution in [-0.4, -0.2) is 27.7 Å². The summed E-state index contributed by atoms with van der Waals surface area (Å²) in [5, 5.41) is 31.1. The molecule has 0 atom stereocenters. The molecule has 1 aromatic rings. The Bertz CT molecular complexity index is 447. The molecule has 0 fully saturated rings. The monoisotopic (exact) mass is 254 g/mol. The summed E-state index contributed by atoms with van der Waals surface area (Å²) in [5.41, 5.74) is -0.554. The first-order chi connectivity index (χ1) is 8.56. The second kappa shape index (κ2) is 6.55. The van der Waals surface area contributed by atoms with Crippen molar-refractivity contribution in [2.24, 2.45) is 0 Å². The van der Waals surface area contributed by atoms with E-state index in [4.69, 9.17) is 5.11 Å². The first-order valence-corrected chi connectivity index (χ1v) is 5.43. The number of nitrogens with zero attached hydrogens (tertiary/aromatic N) is 1. The lowest BCUT2D eigenvalue weighted by Crippen LogP contribution is -2.12. The number of benzene rings is 1. The molecule has 7 heteroatoms. The quantitative estimate of drug-likeness (QED) is 0.307. The molecule has 0 heterocycles. The largest absolute Gasteiger partial charge is 0.505 e. The average Bonchev–Trinajstić information content (AvgIpc) is 2.31. The van der Waals surface area contributed by atoms with Crippen LogP contribution in [0.3, 0.4) is 0 Å². The second-order valence-corrected chi connectivity index (χ2v) is 3.66. The van der Waals surface area contributed by atoms with Crippen LogP contribution in [0.1, 0.15) is 19.3 Å².